The molecule has 1 aliphatic rings. The zero-order valence-electron chi connectivity index (χ0n) is 15.8. The van der Waals surface area contributed by atoms with Crippen molar-refractivity contribution in [3.05, 3.63) is 76.9 Å². The largest absolute Gasteiger partial charge is 0.298 e. The summed E-state index contributed by atoms with van der Waals surface area (Å²) < 4.78 is 0. The van der Waals surface area contributed by atoms with Crippen LogP contribution >= 0.6 is 0 Å². The topological polar surface area (TPSA) is 17.1 Å². The van der Waals surface area contributed by atoms with Crippen LogP contribution in [0, 0.1) is 12.8 Å². The Labute approximate surface area is 152 Å². The number of hydrogen-bond acceptors (Lipinski definition) is 1. The molecule has 1 fully saturated rings. The molecule has 1 aromatic rings. The quantitative estimate of drug-likeness (QED) is 0.410. The van der Waals surface area contributed by atoms with Gasteiger partial charge in [-0.25, -0.2) is 0 Å². The molecular weight excluding hydrogens is 304 g/mol. The molecule has 1 heteroatoms. The predicted molar refractivity (Wildman–Crippen MR) is 109 cm³/mol. The summed E-state index contributed by atoms with van der Waals surface area (Å²) in [5.74, 6) is 0.596. The van der Waals surface area contributed by atoms with Crippen molar-refractivity contribution in [3.8, 4) is 0 Å². The summed E-state index contributed by atoms with van der Waals surface area (Å²) in [5, 5.41) is 0. The van der Waals surface area contributed by atoms with Crippen molar-refractivity contribution in [1.29, 1.82) is 0 Å². The average Bonchev–Trinajstić information content (AvgIpc) is 2.64. The second kappa shape index (κ2) is 9.98. The van der Waals surface area contributed by atoms with E-state index in [1.54, 1.807) is 0 Å². The summed E-state index contributed by atoms with van der Waals surface area (Å²) in [4.78, 5) is 11.3. The SMILES string of the molecule is C\C=C/C=C\C=C\C(C)=C(\c1cc(C=O)ccc1C)C1CCCCC1. The summed E-state index contributed by atoms with van der Waals surface area (Å²) in [6.07, 6.45) is 19.9. The van der Waals surface area contributed by atoms with E-state index in [-0.39, 0.29) is 0 Å². The first-order valence-electron chi connectivity index (χ1n) is 9.40. The molecular formula is C24H30O. The summed E-state index contributed by atoms with van der Waals surface area (Å²) >= 11 is 0. The van der Waals surface area contributed by atoms with Gasteiger partial charge in [-0.3, -0.25) is 4.79 Å². The molecule has 0 amide bonds. The van der Waals surface area contributed by atoms with Crippen LogP contribution in [0.4, 0.5) is 0 Å². The lowest BCUT2D eigenvalue weighted by Gasteiger charge is -2.27. The number of aldehydes is 1. The predicted octanol–water partition coefficient (Wildman–Crippen LogP) is 6.85. The molecule has 0 aromatic heterocycles. The highest BCUT2D eigenvalue weighted by molar-refractivity contribution is 5.81. The van der Waals surface area contributed by atoms with Crippen molar-refractivity contribution in [2.75, 3.05) is 0 Å². The highest BCUT2D eigenvalue weighted by Crippen LogP contribution is 2.39. The summed E-state index contributed by atoms with van der Waals surface area (Å²) in [6, 6.07) is 6.05. The van der Waals surface area contributed by atoms with Gasteiger partial charge in [0.25, 0.3) is 0 Å². The van der Waals surface area contributed by atoms with Gasteiger partial charge in [-0.1, -0.05) is 67.9 Å². The smallest absolute Gasteiger partial charge is 0.150 e. The van der Waals surface area contributed by atoms with Gasteiger partial charge in [0, 0.05) is 5.56 Å². The first kappa shape index (κ1) is 19.2. The van der Waals surface area contributed by atoms with Crippen LogP contribution in [-0.2, 0) is 0 Å². The third-order valence-corrected chi connectivity index (χ3v) is 5.00. The normalized spacial score (nSPS) is 17.6. The lowest BCUT2D eigenvalue weighted by atomic mass is 9.77. The molecule has 1 aliphatic carbocycles. The Bertz CT molecular complexity index is 695. The Hall–Kier alpha value is -2.15. The molecule has 2 rings (SSSR count). The van der Waals surface area contributed by atoms with E-state index in [0.717, 1.165) is 11.8 Å². The van der Waals surface area contributed by atoms with Crippen LogP contribution < -0.4 is 0 Å². The van der Waals surface area contributed by atoms with Crippen LogP contribution in [0.1, 0.15) is 67.4 Å². The molecule has 1 aromatic carbocycles. The van der Waals surface area contributed by atoms with Crippen molar-refractivity contribution in [3.63, 3.8) is 0 Å². The third kappa shape index (κ3) is 5.42. The van der Waals surface area contributed by atoms with Crippen LogP contribution in [0.25, 0.3) is 5.57 Å². The van der Waals surface area contributed by atoms with Gasteiger partial charge in [-0.15, -0.1) is 0 Å². The van der Waals surface area contributed by atoms with Gasteiger partial charge < -0.3 is 0 Å². The van der Waals surface area contributed by atoms with E-state index in [4.69, 9.17) is 0 Å². The van der Waals surface area contributed by atoms with Crippen molar-refractivity contribution in [2.24, 2.45) is 5.92 Å². The fourth-order valence-corrected chi connectivity index (χ4v) is 3.68. The molecule has 25 heavy (non-hydrogen) atoms. The molecule has 0 radical (unpaired) electrons. The maximum Gasteiger partial charge on any atom is 0.150 e. The number of carbonyl (C=O) groups is 1. The number of rotatable bonds is 6. The summed E-state index contributed by atoms with van der Waals surface area (Å²) in [6.45, 7) is 6.37. The van der Waals surface area contributed by atoms with E-state index >= 15 is 0 Å². The monoisotopic (exact) mass is 334 g/mol. The van der Waals surface area contributed by atoms with Crippen molar-refractivity contribution >= 4 is 11.9 Å². The summed E-state index contributed by atoms with van der Waals surface area (Å²) in [5.41, 5.74) is 6.00. The van der Waals surface area contributed by atoms with Gasteiger partial charge in [0.05, 0.1) is 0 Å². The zero-order valence-corrected chi connectivity index (χ0v) is 15.8. The van der Waals surface area contributed by atoms with Crippen molar-refractivity contribution in [1.82, 2.24) is 0 Å². The minimum atomic E-state index is 0.596. The van der Waals surface area contributed by atoms with Crippen LogP contribution in [0.2, 0.25) is 0 Å². The van der Waals surface area contributed by atoms with Gasteiger partial charge in [0.1, 0.15) is 6.29 Å². The number of benzene rings is 1. The van der Waals surface area contributed by atoms with Crippen molar-refractivity contribution in [2.45, 2.75) is 52.9 Å². The van der Waals surface area contributed by atoms with Gasteiger partial charge in [-0.05, 0) is 67.9 Å². The molecule has 0 spiro atoms. The maximum atomic E-state index is 11.3. The van der Waals surface area contributed by atoms with E-state index in [9.17, 15) is 4.79 Å². The standard InChI is InChI=1S/C24H30O/c1-4-5-6-7-9-12-20(3)24(22-13-10-8-11-14-22)23-17-21(18-25)16-15-19(23)2/h4-7,9,12,15-18,22H,8,10-11,13-14H2,1-3H3/b5-4-,7-6-,12-9+,24-20+. The first-order valence-corrected chi connectivity index (χ1v) is 9.40. The number of aryl methyl sites for hydroxylation is 1. The highest BCUT2D eigenvalue weighted by Gasteiger charge is 2.22. The molecule has 0 unspecified atom stereocenters. The second-order valence-corrected chi connectivity index (χ2v) is 6.89. The molecule has 0 saturated heterocycles. The van der Waals surface area contributed by atoms with E-state index in [2.05, 4.69) is 44.2 Å². The summed E-state index contributed by atoms with van der Waals surface area (Å²) in [7, 11) is 0. The van der Waals surface area contributed by atoms with E-state index in [0.29, 0.717) is 5.92 Å². The average molecular weight is 335 g/mol. The Balaban J connectivity index is 2.45. The van der Waals surface area contributed by atoms with Gasteiger partial charge in [-0.2, -0.15) is 0 Å². The van der Waals surface area contributed by atoms with Crippen LogP contribution in [0.15, 0.2) is 60.2 Å². The molecule has 0 aliphatic heterocycles. The molecule has 0 N–H and O–H groups in total. The Morgan fingerprint density at radius 3 is 2.44 bits per heavy atom. The molecule has 0 bridgehead atoms. The highest BCUT2D eigenvalue weighted by atomic mass is 16.1. The molecule has 1 saturated carbocycles. The van der Waals surface area contributed by atoms with Crippen LogP contribution in [0.5, 0.6) is 0 Å². The second-order valence-electron chi connectivity index (χ2n) is 6.89. The van der Waals surface area contributed by atoms with E-state index < -0.39 is 0 Å². The molecule has 0 atom stereocenters. The number of allylic oxidation sites excluding steroid dienone is 8. The first-order chi connectivity index (χ1) is 12.2. The Morgan fingerprint density at radius 2 is 1.76 bits per heavy atom. The minimum Gasteiger partial charge on any atom is -0.298 e. The molecule has 0 heterocycles. The Morgan fingerprint density at radius 1 is 1.04 bits per heavy atom. The number of carbonyl (C=O) groups excluding carboxylic acids is 1. The number of hydrogen-bond donors (Lipinski definition) is 0. The van der Waals surface area contributed by atoms with Crippen LogP contribution in [-0.4, -0.2) is 6.29 Å². The van der Waals surface area contributed by atoms with Crippen LogP contribution in [0.3, 0.4) is 0 Å². The molecule has 132 valence electrons. The zero-order chi connectivity index (χ0) is 18.1. The maximum absolute atomic E-state index is 11.3. The fourth-order valence-electron chi connectivity index (χ4n) is 3.68. The van der Waals surface area contributed by atoms with Crippen molar-refractivity contribution < 1.29 is 4.79 Å². The minimum absolute atomic E-state index is 0.596. The van der Waals surface area contributed by atoms with E-state index in [1.165, 1.54) is 54.4 Å². The lowest BCUT2D eigenvalue weighted by molar-refractivity contribution is 0.112. The fraction of sp³-hybridized carbons (Fsp3) is 0.375. The van der Waals surface area contributed by atoms with E-state index in [1.807, 2.05) is 31.2 Å². The molecule has 1 nitrogen and oxygen atoms in total. The van der Waals surface area contributed by atoms with Gasteiger partial charge >= 0.3 is 0 Å². The lowest BCUT2D eigenvalue weighted by Crippen LogP contribution is -2.11. The van der Waals surface area contributed by atoms with Gasteiger partial charge in [0.2, 0.25) is 0 Å². The van der Waals surface area contributed by atoms with Gasteiger partial charge in [0.15, 0.2) is 0 Å². The third-order valence-electron chi connectivity index (χ3n) is 5.00. The Kier molecular flexibility index (Phi) is 7.66.